The van der Waals surface area contributed by atoms with Crippen molar-refractivity contribution in [3.8, 4) is 11.5 Å². The summed E-state index contributed by atoms with van der Waals surface area (Å²) in [6.45, 7) is 1.63. The molecule has 2 aromatic carbocycles. The van der Waals surface area contributed by atoms with E-state index in [1.807, 2.05) is 42.5 Å². The number of nitrogens with zero attached hydrogens (tertiary/aromatic N) is 1. The maximum absolute atomic E-state index is 13.1. The van der Waals surface area contributed by atoms with Gasteiger partial charge in [-0.05, 0) is 48.6 Å². The smallest absolute Gasteiger partial charge is 0.261 e. The van der Waals surface area contributed by atoms with E-state index < -0.39 is 6.04 Å². The average Bonchev–Trinajstić information content (AvgIpc) is 3.11. The fraction of sp³-hybridized carbons (Fsp3) is 0.391. The van der Waals surface area contributed by atoms with Crippen LogP contribution in [0.5, 0.6) is 11.5 Å². The van der Waals surface area contributed by atoms with Gasteiger partial charge in [-0.1, -0.05) is 30.3 Å². The summed E-state index contributed by atoms with van der Waals surface area (Å²) in [4.78, 5) is 27.4. The predicted molar refractivity (Wildman–Crippen MR) is 109 cm³/mol. The lowest BCUT2D eigenvalue weighted by Crippen LogP contribution is -2.49. The third-order valence-corrected chi connectivity index (χ3v) is 5.42. The Bertz CT molecular complexity index is 868. The van der Waals surface area contributed by atoms with Crippen LogP contribution in [0.4, 0.5) is 0 Å². The molecule has 6 heteroatoms. The number of fused-ring (bicyclic) bond motifs is 1. The van der Waals surface area contributed by atoms with Gasteiger partial charge in [0.1, 0.15) is 17.5 Å². The van der Waals surface area contributed by atoms with Gasteiger partial charge >= 0.3 is 0 Å². The molecule has 2 aliphatic heterocycles. The van der Waals surface area contributed by atoms with Gasteiger partial charge in [0.2, 0.25) is 5.91 Å². The SMILES string of the molecule is O=C1NCCCCC1N(Cc1ccc2c(c1)CCO2)C(=O)COc1ccccc1. The van der Waals surface area contributed by atoms with E-state index in [2.05, 4.69) is 11.4 Å². The van der Waals surface area contributed by atoms with Crippen LogP contribution in [0.2, 0.25) is 0 Å². The zero-order chi connectivity index (χ0) is 20.1. The van der Waals surface area contributed by atoms with Gasteiger partial charge < -0.3 is 19.7 Å². The van der Waals surface area contributed by atoms with Crippen LogP contribution in [0.25, 0.3) is 0 Å². The first-order valence-corrected chi connectivity index (χ1v) is 10.2. The highest BCUT2D eigenvalue weighted by molar-refractivity contribution is 5.88. The van der Waals surface area contributed by atoms with E-state index in [1.165, 1.54) is 0 Å². The van der Waals surface area contributed by atoms with Crippen molar-refractivity contribution in [2.75, 3.05) is 19.8 Å². The number of benzene rings is 2. The Labute approximate surface area is 170 Å². The fourth-order valence-corrected chi connectivity index (χ4v) is 3.87. The zero-order valence-corrected chi connectivity index (χ0v) is 16.4. The van der Waals surface area contributed by atoms with E-state index in [9.17, 15) is 9.59 Å². The number of amides is 2. The first-order valence-electron chi connectivity index (χ1n) is 10.2. The van der Waals surface area contributed by atoms with Gasteiger partial charge in [0.15, 0.2) is 6.61 Å². The molecule has 0 aromatic heterocycles. The highest BCUT2D eigenvalue weighted by atomic mass is 16.5. The summed E-state index contributed by atoms with van der Waals surface area (Å²) in [6.07, 6.45) is 3.38. The van der Waals surface area contributed by atoms with Crippen LogP contribution < -0.4 is 14.8 Å². The van der Waals surface area contributed by atoms with Crippen molar-refractivity contribution in [3.63, 3.8) is 0 Å². The normalized spacial score (nSPS) is 18.2. The lowest BCUT2D eigenvalue weighted by Gasteiger charge is -2.30. The Morgan fingerprint density at radius 3 is 2.90 bits per heavy atom. The van der Waals surface area contributed by atoms with E-state index in [1.54, 1.807) is 4.90 Å². The lowest BCUT2D eigenvalue weighted by molar-refractivity contribution is -0.142. The van der Waals surface area contributed by atoms with Crippen LogP contribution in [-0.4, -0.2) is 42.5 Å². The molecule has 152 valence electrons. The summed E-state index contributed by atoms with van der Waals surface area (Å²) in [5.74, 6) is 1.28. The van der Waals surface area contributed by atoms with Gasteiger partial charge in [-0.15, -0.1) is 0 Å². The minimum absolute atomic E-state index is 0.0833. The summed E-state index contributed by atoms with van der Waals surface area (Å²) in [7, 11) is 0. The Morgan fingerprint density at radius 1 is 1.17 bits per heavy atom. The molecule has 2 aliphatic rings. The molecule has 2 aromatic rings. The minimum atomic E-state index is -0.478. The highest BCUT2D eigenvalue weighted by Crippen LogP contribution is 2.27. The summed E-state index contributed by atoms with van der Waals surface area (Å²) >= 11 is 0. The summed E-state index contributed by atoms with van der Waals surface area (Å²) in [5.41, 5.74) is 2.15. The molecule has 1 saturated heterocycles. The zero-order valence-electron chi connectivity index (χ0n) is 16.4. The van der Waals surface area contributed by atoms with Crippen LogP contribution in [0.1, 0.15) is 30.4 Å². The Kier molecular flexibility index (Phi) is 5.98. The molecule has 0 aliphatic carbocycles. The molecule has 0 radical (unpaired) electrons. The number of carbonyl (C=O) groups is 2. The van der Waals surface area contributed by atoms with Crippen LogP contribution in [0.3, 0.4) is 0 Å². The number of ether oxygens (including phenoxy) is 2. The van der Waals surface area contributed by atoms with Crippen molar-refractivity contribution >= 4 is 11.8 Å². The second-order valence-corrected chi connectivity index (χ2v) is 7.47. The van der Waals surface area contributed by atoms with Gasteiger partial charge in [-0.3, -0.25) is 9.59 Å². The third-order valence-electron chi connectivity index (χ3n) is 5.42. The van der Waals surface area contributed by atoms with Crippen LogP contribution >= 0.6 is 0 Å². The predicted octanol–water partition coefficient (Wildman–Crippen LogP) is 2.70. The van der Waals surface area contributed by atoms with E-state index in [4.69, 9.17) is 9.47 Å². The molecule has 1 unspecified atom stereocenters. The first-order chi connectivity index (χ1) is 14.2. The van der Waals surface area contributed by atoms with E-state index >= 15 is 0 Å². The number of rotatable bonds is 6. The van der Waals surface area contributed by atoms with Crippen LogP contribution in [0, 0.1) is 0 Å². The molecule has 2 amide bonds. The molecule has 6 nitrogen and oxygen atoms in total. The van der Waals surface area contributed by atoms with Crippen molar-refractivity contribution in [2.45, 2.75) is 38.3 Å². The van der Waals surface area contributed by atoms with E-state index in [0.717, 1.165) is 36.1 Å². The molecule has 1 N–H and O–H groups in total. The Hall–Kier alpha value is -3.02. The molecular weight excluding hydrogens is 368 g/mol. The second-order valence-electron chi connectivity index (χ2n) is 7.47. The largest absolute Gasteiger partial charge is 0.493 e. The third kappa shape index (κ3) is 4.70. The molecular formula is C23H26N2O4. The van der Waals surface area contributed by atoms with Crippen molar-refractivity contribution in [3.05, 3.63) is 59.7 Å². The van der Waals surface area contributed by atoms with E-state index in [0.29, 0.717) is 31.9 Å². The van der Waals surface area contributed by atoms with Gasteiger partial charge in [0, 0.05) is 19.5 Å². The summed E-state index contributed by atoms with van der Waals surface area (Å²) in [6, 6.07) is 14.8. The first kappa shape index (κ1) is 19.3. The molecule has 1 atom stereocenters. The van der Waals surface area contributed by atoms with Crippen LogP contribution in [-0.2, 0) is 22.6 Å². The van der Waals surface area contributed by atoms with Gasteiger partial charge in [-0.2, -0.15) is 0 Å². The second kappa shape index (κ2) is 8.99. The number of hydrogen-bond acceptors (Lipinski definition) is 4. The van der Waals surface area contributed by atoms with Crippen molar-refractivity contribution in [2.24, 2.45) is 0 Å². The summed E-state index contributed by atoms with van der Waals surface area (Å²) < 4.78 is 11.3. The quantitative estimate of drug-likeness (QED) is 0.818. The average molecular weight is 394 g/mol. The summed E-state index contributed by atoms with van der Waals surface area (Å²) in [5, 5.41) is 2.94. The van der Waals surface area contributed by atoms with Crippen LogP contribution in [0.15, 0.2) is 48.5 Å². The number of hydrogen-bond donors (Lipinski definition) is 1. The molecule has 2 heterocycles. The topological polar surface area (TPSA) is 67.9 Å². The molecule has 0 saturated carbocycles. The fourth-order valence-electron chi connectivity index (χ4n) is 3.87. The number of para-hydroxylation sites is 1. The Morgan fingerprint density at radius 2 is 2.03 bits per heavy atom. The van der Waals surface area contributed by atoms with Gasteiger partial charge in [0.05, 0.1) is 6.61 Å². The van der Waals surface area contributed by atoms with Gasteiger partial charge in [-0.25, -0.2) is 0 Å². The van der Waals surface area contributed by atoms with Gasteiger partial charge in [0.25, 0.3) is 5.91 Å². The molecule has 1 fully saturated rings. The minimum Gasteiger partial charge on any atom is -0.493 e. The maximum atomic E-state index is 13.1. The number of carbonyl (C=O) groups excluding carboxylic acids is 2. The number of nitrogens with one attached hydrogen (secondary N) is 1. The Balaban J connectivity index is 1.52. The molecule has 29 heavy (non-hydrogen) atoms. The van der Waals surface area contributed by atoms with Crippen molar-refractivity contribution in [1.82, 2.24) is 10.2 Å². The molecule has 4 rings (SSSR count). The maximum Gasteiger partial charge on any atom is 0.261 e. The lowest BCUT2D eigenvalue weighted by atomic mass is 10.0. The molecule has 0 spiro atoms. The molecule has 0 bridgehead atoms. The van der Waals surface area contributed by atoms with Crippen molar-refractivity contribution < 1.29 is 19.1 Å². The highest BCUT2D eigenvalue weighted by Gasteiger charge is 2.31. The van der Waals surface area contributed by atoms with Crippen molar-refractivity contribution in [1.29, 1.82) is 0 Å². The monoisotopic (exact) mass is 394 g/mol. The standard InChI is InChI=1S/C23H26N2O4/c26-22(16-29-19-6-2-1-3-7-19)25(20-8-4-5-12-24-23(20)27)15-17-9-10-21-18(14-17)11-13-28-21/h1-3,6-7,9-10,14,20H,4-5,8,11-13,15-16H2,(H,24,27). The van der Waals surface area contributed by atoms with E-state index in [-0.39, 0.29) is 18.4 Å².